The number of benzene rings is 2. The van der Waals surface area contributed by atoms with Gasteiger partial charge >= 0.3 is 0 Å². The summed E-state index contributed by atoms with van der Waals surface area (Å²) in [5, 5.41) is 2.93. The molecule has 0 unspecified atom stereocenters. The van der Waals surface area contributed by atoms with Crippen molar-refractivity contribution >= 4 is 23.2 Å². The van der Waals surface area contributed by atoms with Gasteiger partial charge in [0.25, 0.3) is 5.91 Å². The summed E-state index contributed by atoms with van der Waals surface area (Å²) in [4.78, 5) is 12.8. The molecule has 0 saturated heterocycles. The van der Waals surface area contributed by atoms with Crippen LogP contribution in [0.4, 0.5) is 5.69 Å². The van der Waals surface area contributed by atoms with Gasteiger partial charge < -0.3 is 14.5 Å². The Morgan fingerprint density at radius 3 is 2.35 bits per heavy atom. The maximum absolute atomic E-state index is 12.8. The Balaban J connectivity index is 1.82. The molecule has 0 fully saturated rings. The second-order valence-corrected chi connectivity index (χ2v) is 6.08. The number of ether oxygens (including phenoxy) is 1. The van der Waals surface area contributed by atoms with E-state index < -0.39 is 0 Å². The van der Waals surface area contributed by atoms with Crippen molar-refractivity contribution in [3.8, 4) is 5.75 Å². The van der Waals surface area contributed by atoms with Crippen molar-refractivity contribution in [2.24, 2.45) is 0 Å². The zero-order valence-electron chi connectivity index (χ0n) is 14.8. The third-order valence-electron chi connectivity index (χ3n) is 3.64. The van der Waals surface area contributed by atoms with Crippen LogP contribution >= 0.6 is 0 Å². The number of anilines is 1. The zero-order chi connectivity index (χ0) is 18.4. The molecule has 0 aliphatic heterocycles. The maximum atomic E-state index is 12.8. The first-order valence-electron chi connectivity index (χ1n) is 8.50. The first-order valence-corrected chi connectivity index (χ1v) is 8.50. The molecular weight excluding hydrogens is 326 g/mol. The van der Waals surface area contributed by atoms with E-state index in [2.05, 4.69) is 5.32 Å². The van der Waals surface area contributed by atoms with E-state index in [1.807, 2.05) is 74.5 Å². The number of carbonyl (C=O) groups excluding carboxylic acids is 1. The molecule has 2 aromatic carbocycles. The van der Waals surface area contributed by atoms with Gasteiger partial charge in [0.1, 0.15) is 11.5 Å². The SMILES string of the molecule is CC(C)Oc1ccc(NC(=O)/C(=C/c2ccco2)c2ccccc2)cc1. The smallest absolute Gasteiger partial charge is 0.256 e. The van der Waals surface area contributed by atoms with E-state index in [1.165, 1.54) is 0 Å². The predicted molar refractivity (Wildman–Crippen MR) is 104 cm³/mol. The first-order chi connectivity index (χ1) is 12.6. The molecule has 1 amide bonds. The van der Waals surface area contributed by atoms with Gasteiger partial charge in [-0.05, 0) is 61.9 Å². The van der Waals surface area contributed by atoms with Crippen molar-refractivity contribution in [2.45, 2.75) is 20.0 Å². The van der Waals surface area contributed by atoms with Crippen LogP contribution in [-0.4, -0.2) is 12.0 Å². The molecule has 1 aromatic heterocycles. The minimum absolute atomic E-state index is 0.108. The largest absolute Gasteiger partial charge is 0.491 e. The maximum Gasteiger partial charge on any atom is 0.256 e. The molecule has 0 bridgehead atoms. The average molecular weight is 347 g/mol. The van der Waals surface area contributed by atoms with Gasteiger partial charge in [-0.15, -0.1) is 0 Å². The van der Waals surface area contributed by atoms with Crippen LogP contribution in [0, 0.1) is 0 Å². The van der Waals surface area contributed by atoms with Gasteiger partial charge in [0.2, 0.25) is 0 Å². The van der Waals surface area contributed by atoms with Gasteiger partial charge in [-0.2, -0.15) is 0 Å². The molecule has 132 valence electrons. The normalized spacial score (nSPS) is 11.4. The summed E-state index contributed by atoms with van der Waals surface area (Å²) in [6.45, 7) is 3.95. The molecule has 4 heteroatoms. The summed E-state index contributed by atoms with van der Waals surface area (Å²) in [5.74, 6) is 1.19. The molecule has 3 rings (SSSR count). The van der Waals surface area contributed by atoms with Crippen LogP contribution in [0.15, 0.2) is 77.4 Å². The summed E-state index contributed by atoms with van der Waals surface area (Å²) >= 11 is 0. The van der Waals surface area contributed by atoms with Gasteiger partial charge in [0.15, 0.2) is 0 Å². The molecule has 0 aliphatic rings. The van der Waals surface area contributed by atoms with Gasteiger partial charge in [0, 0.05) is 5.69 Å². The van der Waals surface area contributed by atoms with Crippen molar-refractivity contribution in [3.63, 3.8) is 0 Å². The van der Waals surface area contributed by atoms with Crippen LogP contribution < -0.4 is 10.1 Å². The van der Waals surface area contributed by atoms with Gasteiger partial charge in [-0.1, -0.05) is 30.3 Å². The van der Waals surface area contributed by atoms with Crippen LogP contribution in [-0.2, 0) is 4.79 Å². The van der Waals surface area contributed by atoms with E-state index in [-0.39, 0.29) is 12.0 Å². The summed E-state index contributed by atoms with van der Waals surface area (Å²) in [7, 11) is 0. The number of amides is 1. The molecule has 1 heterocycles. The molecule has 0 radical (unpaired) electrons. The molecule has 1 N–H and O–H groups in total. The highest BCUT2D eigenvalue weighted by Crippen LogP contribution is 2.22. The Hall–Kier alpha value is -3.27. The second-order valence-electron chi connectivity index (χ2n) is 6.08. The molecule has 0 aliphatic carbocycles. The Labute approximate surface area is 153 Å². The topological polar surface area (TPSA) is 51.5 Å². The lowest BCUT2D eigenvalue weighted by Crippen LogP contribution is -2.13. The lowest BCUT2D eigenvalue weighted by atomic mass is 10.0. The number of nitrogens with one attached hydrogen (secondary N) is 1. The Morgan fingerprint density at radius 2 is 1.73 bits per heavy atom. The van der Waals surface area contributed by atoms with Gasteiger partial charge in [-0.3, -0.25) is 4.79 Å². The summed E-state index contributed by atoms with van der Waals surface area (Å²) in [6, 6.07) is 20.4. The zero-order valence-corrected chi connectivity index (χ0v) is 14.8. The second kappa shape index (κ2) is 8.21. The fourth-order valence-electron chi connectivity index (χ4n) is 2.50. The Bertz CT molecular complexity index is 864. The number of furan rings is 1. The Kier molecular flexibility index (Phi) is 5.54. The molecular formula is C22H21NO3. The molecule has 26 heavy (non-hydrogen) atoms. The summed E-state index contributed by atoms with van der Waals surface area (Å²) < 4.78 is 11.0. The highest BCUT2D eigenvalue weighted by atomic mass is 16.5. The number of hydrogen-bond donors (Lipinski definition) is 1. The van der Waals surface area contributed by atoms with Crippen LogP contribution in [0.3, 0.4) is 0 Å². The standard InChI is InChI=1S/C22H21NO3/c1-16(2)26-19-12-10-18(11-13-19)23-22(24)21(15-20-9-6-14-25-20)17-7-4-3-5-8-17/h3-16H,1-2H3,(H,23,24)/b21-15+. The number of hydrogen-bond acceptors (Lipinski definition) is 3. The summed E-state index contributed by atoms with van der Waals surface area (Å²) in [6.07, 6.45) is 3.43. The third kappa shape index (κ3) is 4.63. The quantitative estimate of drug-likeness (QED) is 0.620. The van der Waals surface area contributed by atoms with Crippen molar-refractivity contribution in [3.05, 3.63) is 84.3 Å². The van der Waals surface area contributed by atoms with Crippen LogP contribution in [0.1, 0.15) is 25.2 Å². The average Bonchev–Trinajstić information content (AvgIpc) is 3.15. The Morgan fingerprint density at radius 1 is 1.00 bits per heavy atom. The van der Waals surface area contributed by atoms with Crippen molar-refractivity contribution in [1.29, 1.82) is 0 Å². The van der Waals surface area contributed by atoms with Gasteiger partial charge in [-0.25, -0.2) is 0 Å². The number of rotatable bonds is 6. The van der Waals surface area contributed by atoms with E-state index in [0.29, 0.717) is 17.0 Å². The fraction of sp³-hybridized carbons (Fsp3) is 0.136. The van der Waals surface area contributed by atoms with E-state index in [0.717, 1.165) is 11.3 Å². The van der Waals surface area contributed by atoms with E-state index in [1.54, 1.807) is 18.4 Å². The van der Waals surface area contributed by atoms with E-state index in [4.69, 9.17) is 9.15 Å². The van der Waals surface area contributed by atoms with Crippen molar-refractivity contribution < 1.29 is 13.9 Å². The highest BCUT2D eigenvalue weighted by molar-refractivity contribution is 6.29. The third-order valence-corrected chi connectivity index (χ3v) is 3.64. The van der Waals surface area contributed by atoms with Crippen molar-refractivity contribution in [2.75, 3.05) is 5.32 Å². The monoisotopic (exact) mass is 347 g/mol. The van der Waals surface area contributed by atoms with Crippen molar-refractivity contribution in [1.82, 2.24) is 0 Å². The first kappa shape index (κ1) is 17.5. The van der Waals surface area contributed by atoms with Crippen LogP contribution in [0.2, 0.25) is 0 Å². The minimum Gasteiger partial charge on any atom is -0.491 e. The van der Waals surface area contributed by atoms with E-state index in [9.17, 15) is 4.79 Å². The molecule has 4 nitrogen and oxygen atoms in total. The molecule has 0 saturated carbocycles. The molecule has 0 atom stereocenters. The molecule has 0 spiro atoms. The van der Waals surface area contributed by atoms with Crippen LogP contribution in [0.5, 0.6) is 5.75 Å². The predicted octanol–water partition coefficient (Wildman–Crippen LogP) is 5.25. The molecule has 3 aromatic rings. The summed E-state index contributed by atoms with van der Waals surface area (Å²) in [5.41, 5.74) is 2.05. The van der Waals surface area contributed by atoms with Crippen LogP contribution in [0.25, 0.3) is 11.6 Å². The lowest BCUT2D eigenvalue weighted by Gasteiger charge is -2.12. The minimum atomic E-state index is -0.204. The number of carbonyl (C=O) groups is 1. The fourth-order valence-corrected chi connectivity index (χ4v) is 2.50. The highest BCUT2D eigenvalue weighted by Gasteiger charge is 2.13. The van der Waals surface area contributed by atoms with E-state index >= 15 is 0 Å². The lowest BCUT2D eigenvalue weighted by molar-refractivity contribution is -0.111. The van der Waals surface area contributed by atoms with Gasteiger partial charge in [0.05, 0.1) is 17.9 Å².